The average molecular weight is 427 g/mol. The lowest BCUT2D eigenvalue weighted by Crippen LogP contribution is -2.00. The average Bonchev–Trinajstić information content (AvgIpc) is 2.92. The number of anilines is 1. The summed E-state index contributed by atoms with van der Waals surface area (Å²) in [6.45, 7) is 0.761. The summed E-state index contributed by atoms with van der Waals surface area (Å²) < 4.78 is 8.53. The van der Waals surface area contributed by atoms with E-state index >= 15 is 0 Å². The second-order valence-corrected chi connectivity index (χ2v) is 7.28. The number of methoxy groups -OCH3 is 1. The van der Waals surface area contributed by atoms with Crippen LogP contribution in [-0.4, -0.2) is 7.11 Å². The lowest BCUT2D eigenvalue weighted by molar-refractivity contribution is 0.409. The zero-order valence-electron chi connectivity index (χ0n) is 11.3. The lowest BCUT2D eigenvalue weighted by Gasteiger charge is -2.11. The van der Waals surface area contributed by atoms with E-state index < -0.39 is 0 Å². The van der Waals surface area contributed by atoms with Crippen LogP contribution in [0.2, 0.25) is 0 Å². The Morgan fingerprint density at radius 2 is 1.86 bits per heavy atom. The minimum Gasteiger partial charge on any atom is -0.494 e. The van der Waals surface area contributed by atoms with Gasteiger partial charge in [0, 0.05) is 16.9 Å². The largest absolute Gasteiger partial charge is 0.494 e. The molecule has 0 saturated heterocycles. The molecular formula is C16H13Br2NOS. The first-order chi connectivity index (χ1) is 10.2. The first-order valence-corrected chi connectivity index (χ1v) is 8.87. The van der Waals surface area contributed by atoms with E-state index in [1.807, 2.05) is 0 Å². The van der Waals surface area contributed by atoms with E-state index in [-0.39, 0.29) is 0 Å². The number of nitrogens with one attached hydrogen (secondary N) is 1. The molecule has 0 atom stereocenters. The molecule has 1 aromatic heterocycles. The smallest absolute Gasteiger partial charge is 0.147 e. The van der Waals surface area contributed by atoms with Crippen molar-refractivity contribution in [2.24, 2.45) is 0 Å². The molecule has 0 aliphatic carbocycles. The summed E-state index contributed by atoms with van der Waals surface area (Å²) in [7, 11) is 1.67. The molecule has 0 aliphatic rings. The van der Waals surface area contributed by atoms with E-state index in [2.05, 4.69) is 79.0 Å². The van der Waals surface area contributed by atoms with E-state index in [1.54, 1.807) is 18.4 Å². The zero-order chi connectivity index (χ0) is 14.8. The van der Waals surface area contributed by atoms with Gasteiger partial charge in [0.25, 0.3) is 0 Å². The highest BCUT2D eigenvalue weighted by atomic mass is 79.9. The second kappa shape index (κ2) is 6.38. The fourth-order valence-corrected chi connectivity index (χ4v) is 4.57. The lowest BCUT2D eigenvalue weighted by atomic mass is 10.2. The topological polar surface area (TPSA) is 21.3 Å². The second-order valence-electron chi connectivity index (χ2n) is 4.62. The third-order valence-electron chi connectivity index (χ3n) is 3.21. The molecule has 3 aromatic rings. The molecule has 2 aromatic carbocycles. The van der Waals surface area contributed by atoms with Crippen LogP contribution >= 0.6 is 43.2 Å². The first kappa shape index (κ1) is 14.9. The maximum Gasteiger partial charge on any atom is 0.147 e. The number of fused-ring (bicyclic) bond motifs is 1. The molecule has 0 amide bonds. The number of hydrogen-bond donors (Lipinski definition) is 1. The number of benzene rings is 2. The Morgan fingerprint density at radius 1 is 1.10 bits per heavy atom. The van der Waals surface area contributed by atoms with Gasteiger partial charge < -0.3 is 10.1 Å². The van der Waals surface area contributed by atoms with Gasteiger partial charge in [-0.3, -0.25) is 0 Å². The normalized spacial score (nSPS) is 10.8. The Bertz CT molecular complexity index is 762. The van der Waals surface area contributed by atoms with Gasteiger partial charge in [0.2, 0.25) is 0 Å². The van der Waals surface area contributed by atoms with Gasteiger partial charge in [-0.15, -0.1) is 11.3 Å². The number of thiophene rings is 1. The minimum atomic E-state index is 0.761. The third-order valence-corrected chi connectivity index (χ3v) is 5.29. The van der Waals surface area contributed by atoms with Gasteiger partial charge in [-0.1, -0.05) is 0 Å². The van der Waals surface area contributed by atoms with E-state index in [9.17, 15) is 0 Å². The molecule has 3 rings (SSSR count). The third kappa shape index (κ3) is 3.25. The Labute approximate surface area is 144 Å². The van der Waals surface area contributed by atoms with Crippen LogP contribution in [0.5, 0.6) is 5.75 Å². The molecule has 1 N–H and O–H groups in total. The van der Waals surface area contributed by atoms with Crippen molar-refractivity contribution < 1.29 is 4.74 Å². The van der Waals surface area contributed by atoms with Crippen molar-refractivity contribution in [2.75, 3.05) is 12.4 Å². The molecule has 2 nitrogen and oxygen atoms in total. The van der Waals surface area contributed by atoms with Crippen LogP contribution in [0.3, 0.4) is 0 Å². The van der Waals surface area contributed by atoms with Crippen LogP contribution in [0.25, 0.3) is 10.1 Å². The highest BCUT2D eigenvalue weighted by molar-refractivity contribution is 9.11. The standard InChI is InChI=1S/C16H13Br2NOS/c1-20-16-13(17)6-10(7-14(16)18)9-19-12-2-3-15-11(8-12)4-5-21-15/h2-8,19H,9H2,1H3. The quantitative estimate of drug-likeness (QED) is 0.548. The van der Waals surface area contributed by atoms with E-state index in [4.69, 9.17) is 4.74 Å². The van der Waals surface area contributed by atoms with Crippen molar-refractivity contribution in [1.29, 1.82) is 0 Å². The minimum absolute atomic E-state index is 0.761. The van der Waals surface area contributed by atoms with Gasteiger partial charge in [-0.2, -0.15) is 0 Å². The molecular weight excluding hydrogens is 414 g/mol. The van der Waals surface area contributed by atoms with Gasteiger partial charge in [-0.25, -0.2) is 0 Å². The summed E-state index contributed by atoms with van der Waals surface area (Å²) in [4.78, 5) is 0. The first-order valence-electron chi connectivity index (χ1n) is 6.40. The molecule has 0 radical (unpaired) electrons. The SMILES string of the molecule is COc1c(Br)cc(CNc2ccc3sccc3c2)cc1Br. The Balaban J connectivity index is 1.78. The molecule has 1 heterocycles. The molecule has 0 spiro atoms. The summed E-state index contributed by atoms with van der Waals surface area (Å²) in [5, 5.41) is 6.85. The Morgan fingerprint density at radius 3 is 2.57 bits per heavy atom. The highest BCUT2D eigenvalue weighted by Crippen LogP contribution is 2.34. The van der Waals surface area contributed by atoms with Gasteiger partial charge in [0.05, 0.1) is 16.1 Å². The molecule has 108 valence electrons. The highest BCUT2D eigenvalue weighted by Gasteiger charge is 2.07. The Kier molecular flexibility index (Phi) is 4.52. The van der Waals surface area contributed by atoms with Gasteiger partial charge in [-0.05, 0) is 84.6 Å². The summed E-state index contributed by atoms with van der Waals surface area (Å²) in [6, 6.07) is 12.7. The van der Waals surface area contributed by atoms with Crippen LogP contribution in [0.15, 0.2) is 50.7 Å². The predicted octanol–water partition coefficient (Wildman–Crippen LogP) is 6.05. The van der Waals surface area contributed by atoms with E-state index in [0.717, 1.165) is 26.9 Å². The van der Waals surface area contributed by atoms with E-state index in [0.29, 0.717) is 0 Å². The number of ether oxygens (including phenoxy) is 1. The fraction of sp³-hybridized carbons (Fsp3) is 0.125. The van der Waals surface area contributed by atoms with Crippen molar-refractivity contribution in [3.63, 3.8) is 0 Å². The van der Waals surface area contributed by atoms with Crippen LogP contribution < -0.4 is 10.1 Å². The molecule has 21 heavy (non-hydrogen) atoms. The summed E-state index contributed by atoms with van der Waals surface area (Å²) in [5.74, 6) is 0.818. The van der Waals surface area contributed by atoms with Crippen molar-refractivity contribution in [3.05, 3.63) is 56.3 Å². The van der Waals surface area contributed by atoms with Crippen LogP contribution in [0.4, 0.5) is 5.69 Å². The molecule has 0 fully saturated rings. The van der Waals surface area contributed by atoms with Gasteiger partial charge in [0.1, 0.15) is 5.75 Å². The molecule has 0 saturated carbocycles. The number of halogens is 2. The molecule has 0 unspecified atom stereocenters. The number of rotatable bonds is 4. The number of hydrogen-bond acceptors (Lipinski definition) is 3. The summed E-state index contributed by atoms with van der Waals surface area (Å²) >= 11 is 8.83. The molecule has 5 heteroatoms. The maximum atomic E-state index is 5.32. The predicted molar refractivity (Wildman–Crippen MR) is 97.5 cm³/mol. The van der Waals surface area contributed by atoms with Crippen molar-refractivity contribution in [1.82, 2.24) is 0 Å². The van der Waals surface area contributed by atoms with Crippen LogP contribution in [0, 0.1) is 0 Å². The molecule has 0 aliphatic heterocycles. The van der Waals surface area contributed by atoms with Crippen LogP contribution in [0.1, 0.15) is 5.56 Å². The van der Waals surface area contributed by atoms with Gasteiger partial charge >= 0.3 is 0 Å². The molecule has 0 bridgehead atoms. The van der Waals surface area contributed by atoms with Crippen molar-refractivity contribution in [2.45, 2.75) is 6.54 Å². The maximum absolute atomic E-state index is 5.32. The zero-order valence-corrected chi connectivity index (χ0v) is 15.3. The van der Waals surface area contributed by atoms with Crippen molar-refractivity contribution in [3.8, 4) is 5.75 Å². The van der Waals surface area contributed by atoms with Gasteiger partial charge in [0.15, 0.2) is 0 Å². The van der Waals surface area contributed by atoms with Crippen LogP contribution in [-0.2, 0) is 6.54 Å². The fourth-order valence-electron chi connectivity index (χ4n) is 2.19. The van der Waals surface area contributed by atoms with Crippen molar-refractivity contribution >= 4 is 59.0 Å². The Hall–Kier alpha value is -1.04. The monoisotopic (exact) mass is 425 g/mol. The van der Waals surface area contributed by atoms with E-state index in [1.165, 1.54) is 15.6 Å². The summed E-state index contributed by atoms with van der Waals surface area (Å²) in [5.41, 5.74) is 2.31. The summed E-state index contributed by atoms with van der Waals surface area (Å²) in [6.07, 6.45) is 0.